The first-order valence-electron chi connectivity index (χ1n) is 5.57. The van der Waals surface area contributed by atoms with E-state index in [0.29, 0.717) is 0 Å². The van der Waals surface area contributed by atoms with E-state index in [0.717, 1.165) is 30.2 Å². The van der Waals surface area contributed by atoms with Crippen molar-refractivity contribution in [1.29, 1.82) is 5.26 Å². The molecule has 0 aliphatic heterocycles. The Balaban J connectivity index is 2.08. The number of hydrogen-bond acceptors (Lipinski definition) is 3. The van der Waals surface area contributed by atoms with Gasteiger partial charge in [0.2, 0.25) is 0 Å². The molecule has 2 rings (SSSR count). The number of thiazole rings is 1. The van der Waals surface area contributed by atoms with E-state index >= 15 is 0 Å². The summed E-state index contributed by atoms with van der Waals surface area (Å²) < 4.78 is 0. The van der Waals surface area contributed by atoms with Crippen LogP contribution in [-0.4, -0.2) is 4.98 Å². The molecular weight excluding hydrogens is 204 g/mol. The zero-order valence-corrected chi connectivity index (χ0v) is 9.89. The van der Waals surface area contributed by atoms with Crippen molar-refractivity contribution in [2.45, 2.75) is 39.0 Å². The first-order valence-corrected chi connectivity index (χ1v) is 6.45. The molecule has 1 aliphatic carbocycles. The van der Waals surface area contributed by atoms with Crippen molar-refractivity contribution in [2.24, 2.45) is 11.3 Å². The lowest BCUT2D eigenvalue weighted by Crippen LogP contribution is -2.17. The van der Waals surface area contributed by atoms with Gasteiger partial charge in [0.05, 0.1) is 16.5 Å². The van der Waals surface area contributed by atoms with Gasteiger partial charge in [-0.2, -0.15) is 5.26 Å². The molecule has 0 aromatic carbocycles. The lowest BCUT2D eigenvalue weighted by Gasteiger charge is -2.19. The molecule has 3 heteroatoms. The molecular formula is C12H16N2S. The molecule has 1 saturated carbocycles. The fourth-order valence-electron chi connectivity index (χ4n) is 2.52. The topological polar surface area (TPSA) is 36.7 Å². The molecule has 1 aliphatic rings. The first kappa shape index (κ1) is 10.6. The summed E-state index contributed by atoms with van der Waals surface area (Å²) in [4.78, 5) is 4.29. The van der Waals surface area contributed by atoms with Gasteiger partial charge in [-0.25, -0.2) is 4.98 Å². The maximum absolute atomic E-state index is 9.36. The van der Waals surface area contributed by atoms with Crippen LogP contribution in [0, 0.1) is 22.7 Å². The van der Waals surface area contributed by atoms with E-state index in [-0.39, 0.29) is 5.41 Å². The molecule has 1 aromatic rings. The third-order valence-electron chi connectivity index (χ3n) is 3.50. The normalized spacial score (nSPS) is 30.3. The molecule has 1 heterocycles. The summed E-state index contributed by atoms with van der Waals surface area (Å²) in [6.45, 7) is 2.22. The Hall–Kier alpha value is -0.880. The molecule has 2 unspecified atom stereocenters. The van der Waals surface area contributed by atoms with E-state index in [4.69, 9.17) is 0 Å². The van der Waals surface area contributed by atoms with Gasteiger partial charge in [-0.15, -0.1) is 11.3 Å². The first-order chi connectivity index (χ1) is 7.28. The summed E-state index contributed by atoms with van der Waals surface area (Å²) in [6.07, 6.45) is 7.24. The zero-order chi connectivity index (χ0) is 10.7. The van der Waals surface area contributed by atoms with Crippen LogP contribution in [0.1, 0.15) is 37.6 Å². The smallest absolute Gasteiger partial charge is 0.0940 e. The van der Waals surface area contributed by atoms with Crippen molar-refractivity contribution < 1.29 is 0 Å². The Kier molecular flexibility index (Phi) is 3.06. The second kappa shape index (κ2) is 4.32. The average molecular weight is 220 g/mol. The van der Waals surface area contributed by atoms with Gasteiger partial charge in [-0.05, 0) is 25.2 Å². The molecule has 1 fully saturated rings. The van der Waals surface area contributed by atoms with Crippen LogP contribution < -0.4 is 0 Å². The lowest BCUT2D eigenvalue weighted by molar-refractivity contribution is 0.380. The minimum Gasteiger partial charge on any atom is -0.250 e. The number of nitrogens with zero attached hydrogens (tertiary/aromatic N) is 2. The highest BCUT2D eigenvalue weighted by molar-refractivity contribution is 7.09. The molecule has 2 atom stereocenters. The van der Waals surface area contributed by atoms with Gasteiger partial charge in [0.1, 0.15) is 0 Å². The molecule has 0 amide bonds. The van der Waals surface area contributed by atoms with Crippen LogP contribution in [0.25, 0.3) is 0 Å². The minimum absolute atomic E-state index is 0.113. The van der Waals surface area contributed by atoms with E-state index in [1.54, 1.807) is 11.3 Å². The maximum atomic E-state index is 9.36. The Morgan fingerprint density at radius 3 is 3.13 bits per heavy atom. The molecule has 0 N–H and O–H groups in total. The molecule has 2 nitrogen and oxygen atoms in total. The van der Waals surface area contributed by atoms with Crippen molar-refractivity contribution in [3.05, 3.63) is 16.6 Å². The summed E-state index contributed by atoms with van der Waals surface area (Å²) in [6, 6.07) is 2.55. The van der Waals surface area contributed by atoms with Gasteiger partial charge in [0, 0.05) is 18.0 Å². The Labute approximate surface area is 95.0 Å². The van der Waals surface area contributed by atoms with Gasteiger partial charge in [-0.1, -0.05) is 13.3 Å². The maximum Gasteiger partial charge on any atom is 0.0940 e. The third-order valence-corrected chi connectivity index (χ3v) is 4.28. The Bertz CT molecular complexity index is 352. The Morgan fingerprint density at radius 2 is 2.60 bits per heavy atom. The van der Waals surface area contributed by atoms with Crippen LogP contribution in [-0.2, 0) is 6.42 Å². The molecule has 1 aromatic heterocycles. The molecule has 0 radical (unpaired) electrons. The van der Waals surface area contributed by atoms with Gasteiger partial charge in [0.15, 0.2) is 0 Å². The summed E-state index contributed by atoms with van der Waals surface area (Å²) >= 11 is 1.67. The predicted molar refractivity (Wildman–Crippen MR) is 61.5 cm³/mol. The fraction of sp³-hybridized carbons (Fsp3) is 0.667. The highest BCUT2D eigenvalue weighted by Crippen LogP contribution is 2.45. The summed E-state index contributed by atoms with van der Waals surface area (Å²) in [5.74, 6) is 0.754. The molecule has 80 valence electrons. The molecule has 0 bridgehead atoms. The SMILES string of the molecule is CCC1CCC(C#N)(Cc2nccs2)C1. The van der Waals surface area contributed by atoms with E-state index in [1.165, 1.54) is 12.8 Å². The number of nitriles is 1. The largest absolute Gasteiger partial charge is 0.250 e. The van der Waals surface area contributed by atoms with Crippen molar-refractivity contribution in [1.82, 2.24) is 4.98 Å². The molecule has 0 saturated heterocycles. The second-order valence-electron chi connectivity index (χ2n) is 4.51. The average Bonchev–Trinajstić information content (AvgIpc) is 2.88. The highest BCUT2D eigenvalue weighted by Gasteiger charge is 2.39. The van der Waals surface area contributed by atoms with Gasteiger partial charge in [0.25, 0.3) is 0 Å². The van der Waals surface area contributed by atoms with E-state index in [2.05, 4.69) is 18.0 Å². The van der Waals surface area contributed by atoms with E-state index in [9.17, 15) is 5.26 Å². The van der Waals surface area contributed by atoms with Crippen molar-refractivity contribution in [2.75, 3.05) is 0 Å². The third kappa shape index (κ3) is 2.21. The van der Waals surface area contributed by atoms with Crippen LogP contribution in [0.4, 0.5) is 0 Å². The van der Waals surface area contributed by atoms with Crippen LogP contribution in [0.15, 0.2) is 11.6 Å². The summed E-state index contributed by atoms with van der Waals surface area (Å²) in [5, 5.41) is 12.5. The van der Waals surface area contributed by atoms with E-state index in [1.807, 2.05) is 11.6 Å². The van der Waals surface area contributed by atoms with E-state index < -0.39 is 0 Å². The second-order valence-corrected chi connectivity index (χ2v) is 5.49. The fourth-order valence-corrected chi connectivity index (χ4v) is 3.28. The van der Waals surface area contributed by atoms with Crippen LogP contribution in [0.5, 0.6) is 0 Å². The molecule has 0 spiro atoms. The quantitative estimate of drug-likeness (QED) is 0.782. The summed E-state index contributed by atoms with van der Waals surface area (Å²) in [7, 11) is 0. The number of aromatic nitrogens is 1. The number of hydrogen-bond donors (Lipinski definition) is 0. The monoisotopic (exact) mass is 220 g/mol. The van der Waals surface area contributed by atoms with Crippen molar-refractivity contribution >= 4 is 11.3 Å². The number of rotatable bonds is 3. The zero-order valence-electron chi connectivity index (χ0n) is 9.07. The Morgan fingerprint density at radius 1 is 1.73 bits per heavy atom. The molecule has 15 heavy (non-hydrogen) atoms. The summed E-state index contributed by atoms with van der Waals surface area (Å²) in [5.41, 5.74) is -0.113. The van der Waals surface area contributed by atoms with Crippen LogP contribution in [0.2, 0.25) is 0 Å². The van der Waals surface area contributed by atoms with Crippen molar-refractivity contribution in [3.63, 3.8) is 0 Å². The minimum atomic E-state index is -0.113. The van der Waals surface area contributed by atoms with Gasteiger partial charge in [-0.3, -0.25) is 0 Å². The predicted octanol–water partition coefficient (Wildman–Crippen LogP) is 3.41. The van der Waals surface area contributed by atoms with Crippen molar-refractivity contribution in [3.8, 4) is 6.07 Å². The van der Waals surface area contributed by atoms with Gasteiger partial charge >= 0.3 is 0 Å². The van der Waals surface area contributed by atoms with Crippen LogP contribution in [0.3, 0.4) is 0 Å². The van der Waals surface area contributed by atoms with Crippen LogP contribution >= 0.6 is 11.3 Å². The highest BCUT2D eigenvalue weighted by atomic mass is 32.1. The standard InChI is InChI=1S/C12H16N2S/c1-2-10-3-4-12(7-10,9-13)8-11-14-5-6-15-11/h5-6,10H,2-4,7-8H2,1H3. The lowest BCUT2D eigenvalue weighted by atomic mass is 9.83. The van der Waals surface area contributed by atoms with Gasteiger partial charge < -0.3 is 0 Å².